The summed E-state index contributed by atoms with van der Waals surface area (Å²) in [6, 6.07) is 5.22. The maximum Gasteiger partial charge on any atom is 0.251 e. The molecule has 0 saturated heterocycles. The summed E-state index contributed by atoms with van der Waals surface area (Å²) in [6.45, 7) is 4.25. The molecule has 2 N–H and O–H groups in total. The van der Waals surface area contributed by atoms with Gasteiger partial charge in [-0.2, -0.15) is 5.10 Å². The number of rotatable bonds is 3. The number of hydrogen-bond donors (Lipinski definition) is 2. The van der Waals surface area contributed by atoms with E-state index in [0.29, 0.717) is 17.1 Å². The molecule has 0 fully saturated rings. The molecule has 5 heteroatoms. The van der Waals surface area contributed by atoms with Crippen molar-refractivity contribution in [1.29, 1.82) is 0 Å². The minimum atomic E-state index is -0.115. The minimum Gasteiger partial charge on any atom is -0.348 e. The highest BCUT2D eigenvalue weighted by Crippen LogP contribution is 2.16. The van der Waals surface area contributed by atoms with Crippen molar-refractivity contribution in [3.63, 3.8) is 0 Å². The summed E-state index contributed by atoms with van der Waals surface area (Å²) in [5, 5.41) is 10.2. The monoisotopic (exact) mass is 263 g/mol. The van der Waals surface area contributed by atoms with E-state index in [-0.39, 0.29) is 5.91 Å². The van der Waals surface area contributed by atoms with Crippen LogP contribution in [0.1, 0.15) is 27.2 Å². The first kappa shape index (κ1) is 12.6. The molecule has 0 radical (unpaired) electrons. The summed E-state index contributed by atoms with van der Waals surface area (Å²) in [5.74, 6) is -0.115. The van der Waals surface area contributed by atoms with Gasteiger partial charge in [0.25, 0.3) is 5.91 Å². The van der Waals surface area contributed by atoms with Crippen LogP contribution in [0, 0.1) is 13.8 Å². The predicted octanol–water partition coefficient (Wildman–Crippen LogP) is 2.61. The topological polar surface area (TPSA) is 57.8 Å². The molecule has 2 aromatic rings. The van der Waals surface area contributed by atoms with Gasteiger partial charge in [0.05, 0.1) is 6.20 Å². The summed E-state index contributed by atoms with van der Waals surface area (Å²) in [6.07, 6.45) is 1.71. The maximum atomic E-state index is 11.9. The molecule has 1 heterocycles. The van der Waals surface area contributed by atoms with Crippen LogP contribution in [0.5, 0.6) is 0 Å². The SMILES string of the molecule is Cc1cc(C(=O)NCc2cn[nH]c2C)ccc1Cl. The molecule has 0 bridgehead atoms. The van der Waals surface area contributed by atoms with Crippen molar-refractivity contribution in [2.75, 3.05) is 0 Å². The van der Waals surface area contributed by atoms with E-state index in [2.05, 4.69) is 15.5 Å². The van der Waals surface area contributed by atoms with Crippen LogP contribution in [0.25, 0.3) is 0 Å². The second-order valence-electron chi connectivity index (χ2n) is 4.17. The molecule has 0 saturated carbocycles. The van der Waals surface area contributed by atoms with Gasteiger partial charge in [0.1, 0.15) is 0 Å². The van der Waals surface area contributed by atoms with Crippen LogP contribution in [0.4, 0.5) is 0 Å². The fourth-order valence-corrected chi connectivity index (χ4v) is 1.73. The van der Waals surface area contributed by atoms with Crippen LogP contribution in [0.3, 0.4) is 0 Å². The van der Waals surface area contributed by atoms with Gasteiger partial charge in [-0.05, 0) is 37.6 Å². The van der Waals surface area contributed by atoms with Crippen LogP contribution in [0.15, 0.2) is 24.4 Å². The average Bonchev–Trinajstić information content (AvgIpc) is 2.75. The first-order chi connectivity index (χ1) is 8.58. The third-order valence-electron chi connectivity index (χ3n) is 2.79. The highest BCUT2D eigenvalue weighted by Gasteiger charge is 2.08. The molecule has 0 spiro atoms. The van der Waals surface area contributed by atoms with Crippen LogP contribution in [-0.2, 0) is 6.54 Å². The molecule has 0 aliphatic rings. The zero-order chi connectivity index (χ0) is 13.1. The lowest BCUT2D eigenvalue weighted by molar-refractivity contribution is 0.0951. The van der Waals surface area contributed by atoms with Crippen molar-refractivity contribution in [1.82, 2.24) is 15.5 Å². The number of amides is 1. The van der Waals surface area contributed by atoms with Crippen molar-refractivity contribution in [2.45, 2.75) is 20.4 Å². The predicted molar refractivity (Wildman–Crippen MR) is 70.7 cm³/mol. The number of nitrogens with one attached hydrogen (secondary N) is 2. The normalized spacial score (nSPS) is 10.4. The zero-order valence-corrected chi connectivity index (χ0v) is 11.0. The zero-order valence-electron chi connectivity index (χ0n) is 10.2. The van der Waals surface area contributed by atoms with Gasteiger partial charge in [0.15, 0.2) is 0 Å². The highest BCUT2D eigenvalue weighted by molar-refractivity contribution is 6.31. The van der Waals surface area contributed by atoms with Crippen LogP contribution in [-0.4, -0.2) is 16.1 Å². The van der Waals surface area contributed by atoms with Gasteiger partial charge in [-0.3, -0.25) is 9.89 Å². The molecular weight excluding hydrogens is 250 g/mol. The molecule has 0 unspecified atom stereocenters. The molecular formula is C13H14ClN3O. The average molecular weight is 264 g/mol. The number of H-pyrrole nitrogens is 1. The second kappa shape index (κ2) is 5.23. The van der Waals surface area contributed by atoms with E-state index in [0.717, 1.165) is 16.8 Å². The van der Waals surface area contributed by atoms with E-state index in [1.54, 1.807) is 24.4 Å². The van der Waals surface area contributed by atoms with Crippen LogP contribution in [0.2, 0.25) is 5.02 Å². The van der Waals surface area contributed by atoms with E-state index in [1.807, 2.05) is 13.8 Å². The quantitative estimate of drug-likeness (QED) is 0.894. The van der Waals surface area contributed by atoms with Crippen LogP contribution < -0.4 is 5.32 Å². The molecule has 2 rings (SSSR count). The summed E-state index contributed by atoms with van der Waals surface area (Å²) in [7, 11) is 0. The third kappa shape index (κ3) is 2.71. The van der Waals surface area contributed by atoms with E-state index in [4.69, 9.17) is 11.6 Å². The summed E-state index contributed by atoms with van der Waals surface area (Å²) in [4.78, 5) is 11.9. The van der Waals surface area contributed by atoms with E-state index in [1.165, 1.54) is 0 Å². The van der Waals surface area contributed by atoms with Gasteiger partial charge >= 0.3 is 0 Å². The number of nitrogens with zero attached hydrogens (tertiary/aromatic N) is 1. The number of aromatic nitrogens is 2. The van der Waals surface area contributed by atoms with Gasteiger partial charge in [0, 0.05) is 28.4 Å². The lowest BCUT2D eigenvalue weighted by Crippen LogP contribution is -2.23. The molecule has 1 aromatic heterocycles. The third-order valence-corrected chi connectivity index (χ3v) is 3.22. The number of benzene rings is 1. The Morgan fingerprint density at radius 3 is 2.83 bits per heavy atom. The Labute approximate surface area is 110 Å². The molecule has 1 aromatic carbocycles. The molecule has 0 atom stereocenters. The van der Waals surface area contributed by atoms with Crippen molar-refractivity contribution in [3.05, 3.63) is 51.8 Å². The fraction of sp³-hybridized carbons (Fsp3) is 0.231. The highest BCUT2D eigenvalue weighted by atomic mass is 35.5. The molecule has 0 aliphatic heterocycles. The standard InChI is InChI=1S/C13H14ClN3O/c1-8-5-10(3-4-12(8)14)13(18)15-6-11-7-16-17-9(11)2/h3-5,7H,6H2,1-2H3,(H,15,18)(H,16,17). The number of carbonyl (C=O) groups is 1. The number of hydrogen-bond acceptors (Lipinski definition) is 2. The smallest absolute Gasteiger partial charge is 0.251 e. The summed E-state index contributed by atoms with van der Waals surface area (Å²) in [5.41, 5.74) is 3.44. The Morgan fingerprint density at radius 1 is 1.44 bits per heavy atom. The Kier molecular flexibility index (Phi) is 3.67. The molecule has 0 aliphatic carbocycles. The minimum absolute atomic E-state index is 0.115. The van der Waals surface area contributed by atoms with Gasteiger partial charge in [-0.1, -0.05) is 11.6 Å². The second-order valence-corrected chi connectivity index (χ2v) is 4.57. The van der Waals surface area contributed by atoms with Gasteiger partial charge in [-0.25, -0.2) is 0 Å². The number of aryl methyl sites for hydroxylation is 2. The summed E-state index contributed by atoms with van der Waals surface area (Å²) < 4.78 is 0. The Bertz CT molecular complexity index is 577. The first-order valence-electron chi connectivity index (χ1n) is 5.61. The molecule has 1 amide bonds. The van der Waals surface area contributed by atoms with Crippen molar-refractivity contribution >= 4 is 17.5 Å². The summed E-state index contributed by atoms with van der Waals surface area (Å²) >= 11 is 5.92. The first-order valence-corrected chi connectivity index (χ1v) is 5.99. The van der Waals surface area contributed by atoms with Crippen molar-refractivity contribution in [2.24, 2.45) is 0 Å². The Balaban J connectivity index is 2.04. The largest absolute Gasteiger partial charge is 0.348 e. The lowest BCUT2D eigenvalue weighted by atomic mass is 10.1. The van der Waals surface area contributed by atoms with Gasteiger partial charge in [-0.15, -0.1) is 0 Å². The number of carbonyl (C=O) groups excluding carboxylic acids is 1. The van der Waals surface area contributed by atoms with E-state index < -0.39 is 0 Å². The molecule has 18 heavy (non-hydrogen) atoms. The van der Waals surface area contributed by atoms with Crippen molar-refractivity contribution < 1.29 is 4.79 Å². The number of aromatic amines is 1. The lowest BCUT2D eigenvalue weighted by Gasteiger charge is -2.06. The maximum absolute atomic E-state index is 11.9. The molecule has 4 nitrogen and oxygen atoms in total. The fourth-order valence-electron chi connectivity index (χ4n) is 1.62. The van der Waals surface area contributed by atoms with Gasteiger partial charge < -0.3 is 5.32 Å². The van der Waals surface area contributed by atoms with E-state index >= 15 is 0 Å². The van der Waals surface area contributed by atoms with Crippen molar-refractivity contribution in [3.8, 4) is 0 Å². The Morgan fingerprint density at radius 2 is 2.22 bits per heavy atom. The Hall–Kier alpha value is -1.81. The number of halogens is 1. The van der Waals surface area contributed by atoms with E-state index in [9.17, 15) is 4.79 Å². The molecule has 94 valence electrons. The van der Waals surface area contributed by atoms with Gasteiger partial charge in [0.2, 0.25) is 0 Å². The van der Waals surface area contributed by atoms with Crippen LogP contribution >= 0.6 is 11.6 Å².